The van der Waals surface area contributed by atoms with Crippen LogP contribution >= 0.6 is 11.6 Å². The Balaban J connectivity index is 1.66. The van der Waals surface area contributed by atoms with E-state index in [9.17, 15) is 9.90 Å². The van der Waals surface area contributed by atoms with E-state index in [1.54, 1.807) is 12.1 Å². The molecule has 2 aliphatic rings. The molecule has 0 saturated carbocycles. The van der Waals surface area contributed by atoms with Crippen molar-refractivity contribution in [3.63, 3.8) is 0 Å². The van der Waals surface area contributed by atoms with E-state index >= 15 is 0 Å². The molecule has 2 fully saturated rings. The minimum absolute atomic E-state index is 0.157. The number of rotatable bonds is 2. The number of nitrogens with one attached hydrogen (secondary N) is 1. The lowest BCUT2D eigenvalue weighted by atomic mass is 9.97. The van der Waals surface area contributed by atoms with E-state index in [-0.39, 0.29) is 30.0 Å². The molecular formula is C18H25ClN2O3. The lowest BCUT2D eigenvalue weighted by Crippen LogP contribution is -2.51. The first-order valence-corrected chi connectivity index (χ1v) is 8.87. The summed E-state index contributed by atoms with van der Waals surface area (Å²) < 4.78 is 5.56. The Morgan fingerprint density at radius 2 is 1.92 bits per heavy atom. The third-order valence-electron chi connectivity index (χ3n) is 4.66. The Bertz CT molecular complexity index is 615. The molecule has 2 bridgehead atoms. The highest BCUT2D eigenvalue weighted by Gasteiger charge is 2.44. The number of nitrogens with zero attached hydrogens (tertiary/aromatic N) is 1. The smallest absolute Gasteiger partial charge is 0.410 e. The van der Waals surface area contributed by atoms with Gasteiger partial charge in [-0.1, -0.05) is 11.6 Å². The van der Waals surface area contributed by atoms with Crippen molar-refractivity contribution in [1.82, 2.24) is 4.90 Å². The molecule has 2 aliphatic heterocycles. The van der Waals surface area contributed by atoms with Crippen molar-refractivity contribution in [3.05, 3.63) is 23.2 Å². The van der Waals surface area contributed by atoms with E-state index in [0.29, 0.717) is 10.7 Å². The predicted molar refractivity (Wildman–Crippen MR) is 94.6 cm³/mol. The number of ether oxygens (including phenoxy) is 1. The van der Waals surface area contributed by atoms with Crippen molar-refractivity contribution in [2.75, 3.05) is 5.32 Å². The molecule has 6 heteroatoms. The SMILES string of the molecule is CC(C)(C)OC(=O)N1C2CCC1CC(Nc1ccc(Cl)cc1O)C2. The standard InChI is InChI=1S/C18H25ClN2O3/c1-18(2,3)24-17(23)21-13-5-6-14(21)10-12(9-13)20-15-7-4-11(19)8-16(15)22/h4,7-8,12-14,20,22H,5-6,9-10H2,1-3H3. The Morgan fingerprint density at radius 1 is 1.29 bits per heavy atom. The summed E-state index contributed by atoms with van der Waals surface area (Å²) in [6, 6.07) is 5.71. The van der Waals surface area contributed by atoms with Gasteiger partial charge in [-0.3, -0.25) is 0 Å². The zero-order valence-corrected chi connectivity index (χ0v) is 15.1. The zero-order valence-electron chi connectivity index (χ0n) is 14.4. The first-order chi connectivity index (χ1) is 11.2. The number of carbonyl (C=O) groups is 1. The number of phenolic OH excluding ortho intramolecular Hbond substituents is 1. The Hall–Kier alpha value is -1.62. The molecule has 2 unspecified atom stereocenters. The van der Waals surface area contributed by atoms with Crippen LogP contribution in [-0.2, 0) is 4.74 Å². The highest BCUT2D eigenvalue weighted by Crippen LogP contribution is 2.39. The lowest BCUT2D eigenvalue weighted by Gasteiger charge is -2.40. The molecule has 24 heavy (non-hydrogen) atoms. The van der Waals surface area contributed by atoms with Gasteiger partial charge in [0.1, 0.15) is 11.4 Å². The molecule has 2 heterocycles. The number of piperidine rings is 1. The molecule has 1 aromatic rings. The molecule has 0 spiro atoms. The topological polar surface area (TPSA) is 61.8 Å². The molecule has 2 atom stereocenters. The fourth-order valence-electron chi connectivity index (χ4n) is 3.75. The van der Waals surface area contributed by atoms with Crippen molar-refractivity contribution in [2.24, 2.45) is 0 Å². The van der Waals surface area contributed by atoms with Gasteiger partial charge in [-0.15, -0.1) is 0 Å². The van der Waals surface area contributed by atoms with Gasteiger partial charge >= 0.3 is 6.09 Å². The van der Waals surface area contributed by atoms with Crippen LogP contribution in [0.25, 0.3) is 0 Å². The van der Waals surface area contributed by atoms with Crippen LogP contribution in [0.3, 0.4) is 0 Å². The average Bonchev–Trinajstić information content (AvgIpc) is 2.72. The van der Waals surface area contributed by atoms with Gasteiger partial charge in [0.25, 0.3) is 0 Å². The highest BCUT2D eigenvalue weighted by molar-refractivity contribution is 6.30. The maximum Gasteiger partial charge on any atom is 0.410 e. The first kappa shape index (κ1) is 17.2. The second-order valence-corrected chi connectivity index (χ2v) is 8.18. The lowest BCUT2D eigenvalue weighted by molar-refractivity contribution is 0.00682. The number of hydrogen-bond acceptors (Lipinski definition) is 4. The molecule has 0 aliphatic carbocycles. The fourth-order valence-corrected chi connectivity index (χ4v) is 3.92. The number of benzene rings is 1. The molecule has 1 aromatic carbocycles. The van der Waals surface area contributed by atoms with E-state index < -0.39 is 5.60 Å². The van der Waals surface area contributed by atoms with Crippen LogP contribution in [0.2, 0.25) is 5.02 Å². The maximum atomic E-state index is 12.5. The number of phenols is 1. The van der Waals surface area contributed by atoms with Crippen LogP contribution in [0.1, 0.15) is 46.5 Å². The molecule has 5 nitrogen and oxygen atoms in total. The average molecular weight is 353 g/mol. The van der Waals surface area contributed by atoms with Crippen molar-refractivity contribution in [3.8, 4) is 5.75 Å². The normalized spacial score (nSPS) is 26.3. The van der Waals surface area contributed by atoms with Gasteiger partial charge in [0.2, 0.25) is 0 Å². The summed E-state index contributed by atoms with van der Waals surface area (Å²) in [4.78, 5) is 14.4. The van der Waals surface area contributed by atoms with Gasteiger partial charge in [0.05, 0.1) is 5.69 Å². The molecule has 0 aromatic heterocycles. The predicted octanol–water partition coefficient (Wildman–Crippen LogP) is 4.39. The summed E-state index contributed by atoms with van der Waals surface area (Å²) in [5, 5.41) is 13.9. The second-order valence-electron chi connectivity index (χ2n) is 7.75. The Morgan fingerprint density at radius 3 is 2.46 bits per heavy atom. The third kappa shape index (κ3) is 3.72. The summed E-state index contributed by atoms with van der Waals surface area (Å²) in [6.45, 7) is 5.68. The summed E-state index contributed by atoms with van der Waals surface area (Å²) in [7, 11) is 0. The van der Waals surface area contributed by atoms with E-state index in [1.165, 1.54) is 6.07 Å². The quantitative estimate of drug-likeness (QED) is 0.775. The van der Waals surface area contributed by atoms with Gasteiger partial charge in [0, 0.05) is 29.2 Å². The number of carbonyl (C=O) groups excluding carboxylic acids is 1. The number of anilines is 1. The summed E-state index contributed by atoms with van der Waals surface area (Å²) in [6.07, 6.45) is 3.53. The Kier molecular flexibility index (Phi) is 4.56. The number of fused-ring (bicyclic) bond motifs is 2. The van der Waals surface area contributed by atoms with E-state index in [1.807, 2.05) is 25.7 Å². The van der Waals surface area contributed by atoms with Gasteiger partial charge < -0.3 is 20.1 Å². The van der Waals surface area contributed by atoms with Gasteiger partial charge in [-0.2, -0.15) is 0 Å². The number of aromatic hydroxyl groups is 1. The molecule has 2 N–H and O–H groups in total. The van der Waals surface area contributed by atoms with Crippen LogP contribution in [0.5, 0.6) is 5.75 Å². The highest BCUT2D eigenvalue weighted by atomic mass is 35.5. The molecule has 3 rings (SSSR count). The van der Waals surface area contributed by atoms with Crippen LogP contribution in [-0.4, -0.2) is 39.8 Å². The van der Waals surface area contributed by atoms with E-state index in [4.69, 9.17) is 16.3 Å². The largest absolute Gasteiger partial charge is 0.506 e. The fraction of sp³-hybridized carbons (Fsp3) is 0.611. The molecule has 2 saturated heterocycles. The van der Waals surface area contributed by atoms with Gasteiger partial charge in [-0.05, 0) is 58.6 Å². The molecule has 1 amide bonds. The van der Waals surface area contributed by atoms with Crippen molar-refractivity contribution in [1.29, 1.82) is 0 Å². The summed E-state index contributed by atoms with van der Waals surface area (Å²) >= 11 is 5.88. The monoisotopic (exact) mass is 352 g/mol. The minimum atomic E-state index is -0.472. The van der Waals surface area contributed by atoms with Crippen LogP contribution in [0.4, 0.5) is 10.5 Å². The summed E-state index contributed by atoms with van der Waals surface area (Å²) in [5.41, 5.74) is 0.218. The van der Waals surface area contributed by atoms with Crippen molar-refractivity contribution in [2.45, 2.75) is 70.2 Å². The minimum Gasteiger partial charge on any atom is -0.506 e. The maximum absolute atomic E-state index is 12.5. The van der Waals surface area contributed by atoms with Gasteiger partial charge in [0.15, 0.2) is 0 Å². The van der Waals surface area contributed by atoms with E-state index in [0.717, 1.165) is 25.7 Å². The third-order valence-corrected chi connectivity index (χ3v) is 4.89. The molecule has 132 valence electrons. The van der Waals surface area contributed by atoms with Crippen molar-refractivity contribution >= 4 is 23.4 Å². The number of amides is 1. The summed E-state index contributed by atoms with van der Waals surface area (Å²) in [5.74, 6) is 0.157. The second kappa shape index (κ2) is 6.36. The van der Waals surface area contributed by atoms with Crippen LogP contribution in [0.15, 0.2) is 18.2 Å². The number of hydrogen-bond donors (Lipinski definition) is 2. The first-order valence-electron chi connectivity index (χ1n) is 8.49. The van der Waals surface area contributed by atoms with Crippen molar-refractivity contribution < 1.29 is 14.6 Å². The Labute approximate surface area is 147 Å². The molecular weight excluding hydrogens is 328 g/mol. The van der Waals surface area contributed by atoms with Gasteiger partial charge in [-0.25, -0.2) is 4.79 Å². The van der Waals surface area contributed by atoms with Crippen LogP contribution < -0.4 is 5.32 Å². The zero-order chi connectivity index (χ0) is 17.5. The number of halogens is 1. The van der Waals surface area contributed by atoms with E-state index in [2.05, 4.69) is 5.32 Å². The van der Waals surface area contributed by atoms with Crippen LogP contribution in [0, 0.1) is 0 Å². The molecule has 0 radical (unpaired) electrons.